The Morgan fingerprint density at radius 1 is 0.952 bits per heavy atom. The zero-order valence-corrected chi connectivity index (χ0v) is 13.4. The topological polar surface area (TPSA) is 37.4 Å². The van der Waals surface area contributed by atoms with Gasteiger partial charge in [0.2, 0.25) is 0 Å². The maximum Gasteiger partial charge on any atom is 0.277 e. The van der Waals surface area contributed by atoms with E-state index in [4.69, 9.17) is 34.8 Å². The third kappa shape index (κ3) is 2.28. The van der Waals surface area contributed by atoms with Gasteiger partial charge in [0.15, 0.2) is 0 Å². The number of halogens is 3. The maximum atomic E-state index is 12.6. The largest absolute Gasteiger partial charge is 0.277 e. The van der Waals surface area contributed by atoms with E-state index in [9.17, 15) is 9.59 Å². The molecule has 0 saturated heterocycles. The van der Waals surface area contributed by atoms with Crippen LogP contribution in [0.4, 0.5) is 5.69 Å². The second kappa shape index (κ2) is 5.46. The van der Waals surface area contributed by atoms with Gasteiger partial charge in [0.1, 0.15) is 5.03 Å². The van der Waals surface area contributed by atoms with Crippen molar-refractivity contribution in [1.29, 1.82) is 0 Å². The molecular formula is C14H6Cl3NO2S. The minimum Gasteiger partial charge on any atom is -0.268 e. The summed E-state index contributed by atoms with van der Waals surface area (Å²) in [4.78, 5) is 26.4. The Morgan fingerprint density at radius 3 is 2.38 bits per heavy atom. The molecule has 1 aliphatic rings. The summed E-state index contributed by atoms with van der Waals surface area (Å²) in [7, 11) is 0. The first kappa shape index (κ1) is 14.6. The molecular weight excluding hydrogens is 353 g/mol. The van der Waals surface area contributed by atoms with Gasteiger partial charge in [0, 0.05) is 4.88 Å². The lowest BCUT2D eigenvalue weighted by atomic mass is 10.2. The van der Waals surface area contributed by atoms with E-state index in [0.29, 0.717) is 4.88 Å². The minimum absolute atomic E-state index is 0.113. The number of nitrogens with zero attached hydrogens (tertiary/aromatic N) is 1. The summed E-state index contributed by atoms with van der Waals surface area (Å²) in [5.74, 6) is -1.11. The molecule has 0 N–H and O–H groups in total. The first-order valence-electron chi connectivity index (χ1n) is 5.79. The second-order valence-corrected chi connectivity index (χ2v) is 6.30. The molecule has 0 unspecified atom stereocenters. The van der Waals surface area contributed by atoms with E-state index >= 15 is 0 Å². The van der Waals surface area contributed by atoms with Gasteiger partial charge in [-0.05, 0) is 23.6 Å². The van der Waals surface area contributed by atoms with E-state index in [0.717, 1.165) is 4.90 Å². The normalized spacial score (nSPS) is 15.3. The van der Waals surface area contributed by atoms with E-state index in [1.807, 2.05) is 0 Å². The van der Waals surface area contributed by atoms with E-state index in [2.05, 4.69) is 0 Å². The number of thiophene rings is 1. The van der Waals surface area contributed by atoms with Gasteiger partial charge >= 0.3 is 0 Å². The number of carbonyl (C=O) groups is 2. The Balaban J connectivity index is 2.11. The van der Waals surface area contributed by atoms with Crippen LogP contribution in [-0.2, 0) is 9.59 Å². The van der Waals surface area contributed by atoms with Gasteiger partial charge in [-0.25, -0.2) is 4.90 Å². The highest BCUT2D eigenvalue weighted by Gasteiger charge is 2.40. The van der Waals surface area contributed by atoms with Crippen molar-refractivity contribution in [2.75, 3.05) is 4.90 Å². The maximum absolute atomic E-state index is 12.6. The molecule has 0 bridgehead atoms. The smallest absolute Gasteiger partial charge is 0.268 e. The van der Waals surface area contributed by atoms with Gasteiger partial charge < -0.3 is 0 Å². The molecule has 2 heterocycles. The fourth-order valence-corrected chi connectivity index (χ4v) is 3.49. The average Bonchev–Trinajstić information content (AvgIpc) is 3.03. The molecule has 2 amide bonds. The first-order valence-corrected chi connectivity index (χ1v) is 7.80. The minimum atomic E-state index is -0.603. The molecule has 0 fully saturated rings. The van der Waals surface area contributed by atoms with Crippen LogP contribution in [-0.4, -0.2) is 11.8 Å². The van der Waals surface area contributed by atoms with Gasteiger partial charge in [0.05, 0.1) is 21.3 Å². The van der Waals surface area contributed by atoms with Gasteiger partial charge in [0.25, 0.3) is 11.8 Å². The number of hydrogen-bond acceptors (Lipinski definition) is 3. The van der Waals surface area contributed by atoms with Crippen LogP contribution in [0.2, 0.25) is 10.0 Å². The monoisotopic (exact) mass is 357 g/mol. The second-order valence-electron chi connectivity index (χ2n) is 4.18. The lowest BCUT2D eigenvalue weighted by molar-refractivity contribution is -0.119. The fourth-order valence-electron chi connectivity index (χ4n) is 2.02. The fraction of sp³-hybridized carbons (Fsp3) is 0. The van der Waals surface area contributed by atoms with E-state index < -0.39 is 11.8 Å². The van der Waals surface area contributed by atoms with Gasteiger partial charge in [-0.15, -0.1) is 11.3 Å². The predicted octanol–water partition coefficient (Wildman–Crippen LogP) is 4.58. The zero-order valence-electron chi connectivity index (χ0n) is 10.3. The predicted molar refractivity (Wildman–Crippen MR) is 86.0 cm³/mol. The number of rotatable bonds is 2. The molecule has 0 aliphatic carbocycles. The number of imide groups is 1. The quantitative estimate of drug-likeness (QED) is 0.737. The SMILES string of the molecule is O=C1C(Cl)=C(c2cccs2)C(=O)N1c1cccc(Cl)c1Cl. The van der Waals surface area contributed by atoms with Crippen LogP contribution in [0.5, 0.6) is 0 Å². The lowest BCUT2D eigenvalue weighted by Crippen LogP contribution is -2.31. The van der Waals surface area contributed by atoms with Crippen molar-refractivity contribution in [2.24, 2.45) is 0 Å². The molecule has 0 radical (unpaired) electrons. The van der Waals surface area contributed by atoms with Gasteiger partial charge in [-0.1, -0.05) is 46.9 Å². The van der Waals surface area contributed by atoms with Crippen LogP contribution in [0.25, 0.3) is 5.57 Å². The van der Waals surface area contributed by atoms with Crippen LogP contribution in [0.1, 0.15) is 4.88 Å². The van der Waals surface area contributed by atoms with Crippen molar-refractivity contribution in [3.05, 3.63) is 55.7 Å². The highest BCUT2D eigenvalue weighted by atomic mass is 35.5. The summed E-state index contributed by atoms with van der Waals surface area (Å²) in [5.41, 5.74) is 0.414. The van der Waals surface area contributed by atoms with Crippen LogP contribution in [0.3, 0.4) is 0 Å². The molecule has 1 aliphatic heterocycles. The van der Waals surface area contributed by atoms with Crippen LogP contribution in [0.15, 0.2) is 40.7 Å². The Labute approximate surface area is 139 Å². The summed E-state index contributed by atoms with van der Waals surface area (Å²) in [6.45, 7) is 0. The van der Waals surface area contributed by atoms with Crippen molar-refractivity contribution in [3.63, 3.8) is 0 Å². The summed E-state index contributed by atoms with van der Waals surface area (Å²) >= 11 is 19.4. The third-order valence-electron chi connectivity index (χ3n) is 2.97. The molecule has 1 aromatic heterocycles. The Kier molecular flexibility index (Phi) is 3.80. The molecule has 0 saturated carbocycles. The molecule has 21 heavy (non-hydrogen) atoms. The van der Waals surface area contributed by atoms with E-state index in [1.165, 1.54) is 11.3 Å². The number of amides is 2. The first-order chi connectivity index (χ1) is 10.0. The Morgan fingerprint density at radius 2 is 1.71 bits per heavy atom. The molecule has 106 valence electrons. The van der Waals surface area contributed by atoms with E-state index in [1.54, 1.807) is 35.7 Å². The lowest BCUT2D eigenvalue weighted by Gasteiger charge is -2.16. The highest BCUT2D eigenvalue weighted by molar-refractivity contribution is 7.11. The van der Waals surface area contributed by atoms with Crippen molar-refractivity contribution in [2.45, 2.75) is 0 Å². The Hall–Kier alpha value is -1.33. The summed E-state index contributed by atoms with van der Waals surface area (Å²) in [6.07, 6.45) is 0. The third-order valence-corrected chi connectivity index (χ3v) is 5.01. The number of benzene rings is 1. The molecule has 3 nitrogen and oxygen atoms in total. The van der Waals surface area contributed by atoms with Crippen molar-refractivity contribution < 1.29 is 9.59 Å². The van der Waals surface area contributed by atoms with Crippen molar-refractivity contribution in [1.82, 2.24) is 0 Å². The van der Waals surface area contributed by atoms with Gasteiger partial charge in [-0.3, -0.25) is 9.59 Å². The molecule has 2 aromatic rings. The number of anilines is 1. The molecule has 3 rings (SSSR count). The average molecular weight is 359 g/mol. The summed E-state index contributed by atoms with van der Waals surface area (Å²) in [5, 5.41) is 2.09. The molecule has 0 spiro atoms. The zero-order chi connectivity index (χ0) is 15.1. The van der Waals surface area contributed by atoms with Crippen LogP contribution >= 0.6 is 46.1 Å². The molecule has 7 heteroatoms. The van der Waals surface area contributed by atoms with E-state index in [-0.39, 0.29) is 26.3 Å². The van der Waals surface area contributed by atoms with Gasteiger partial charge in [-0.2, -0.15) is 0 Å². The number of carbonyl (C=O) groups excluding carboxylic acids is 2. The summed E-state index contributed by atoms with van der Waals surface area (Å²) < 4.78 is 0. The number of hydrogen-bond donors (Lipinski definition) is 0. The van der Waals surface area contributed by atoms with Crippen LogP contribution < -0.4 is 4.90 Å². The molecule has 1 aromatic carbocycles. The van der Waals surface area contributed by atoms with Crippen molar-refractivity contribution >= 4 is 69.2 Å². The summed E-state index contributed by atoms with van der Waals surface area (Å²) in [6, 6.07) is 8.25. The van der Waals surface area contributed by atoms with Crippen LogP contribution in [0, 0.1) is 0 Å². The standard InChI is InChI=1S/C14H6Cl3NO2S/c15-7-3-1-4-8(11(7)16)18-13(19)10(12(17)14(18)20)9-5-2-6-21-9/h1-6H. The Bertz CT molecular complexity index is 784. The van der Waals surface area contributed by atoms with Crippen molar-refractivity contribution in [3.8, 4) is 0 Å². The molecule has 0 atom stereocenters. The highest BCUT2D eigenvalue weighted by Crippen LogP contribution is 2.40.